The minimum atomic E-state index is -0.457. The number of carbonyl (C=O) groups is 1. The molecule has 2 rings (SSSR count). The van der Waals surface area contributed by atoms with E-state index in [4.69, 9.17) is 10.5 Å². The predicted molar refractivity (Wildman–Crippen MR) is 71.8 cm³/mol. The molecule has 19 heavy (non-hydrogen) atoms. The van der Waals surface area contributed by atoms with Crippen molar-refractivity contribution in [2.45, 2.75) is 0 Å². The third kappa shape index (κ3) is 3.01. The number of ether oxygens (including phenoxy) is 1. The lowest BCUT2D eigenvalue weighted by Crippen LogP contribution is -2.12. The summed E-state index contributed by atoms with van der Waals surface area (Å²) in [6.07, 6.45) is 0. The summed E-state index contributed by atoms with van der Waals surface area (Å²) in [6.45, 7) is 0. The molecule has 2 aromatic rings. The second kappa shape index (κ2) is 5.39. The van der Waals surface area contributed by atoms with E-state index in [0.29, 0.717) is 17.1 Å². The van der Waals surface area contributed by atoms with Crippen LogP contribution in [0, 0.1) is 5.82 Å². The number of benzene rings is 2. The first-order chi connectivity index (χ1) is 9.10. The van der Waals surface area contributed by atoms with E-state index < -0.39 is 11.7 Å². The van der Waals surface area contributed by atoms with Crippen molar-refractivity contribution in [3.05, 3.63) is 53.8 Å². The quantitative estimate of drug-likeness (QED) is 0.834. The van der Waals surface area contributed by atoms with Gasteiger partial charge >= 0.3 is 0 Å². The van der Waals surface area contributed by atoms with Crippen molar-refractivity contribution in [3.8, 4) is 5.75 Å². The van der Waals surface area contributed by atoms with Crippen LogP contribution in [-0.2, 0) is 0 Å². The molecule has 0 saturated carbocycles. The van der Waals surface area contributed by atoms with E-state index in [1.807, 2.05) is 0 Å². The van der Waals surface area contributed by atoms with Crippen LogP contribution in [0.1, 0.15) is 10.4 Å². The number of halogens is 1. The molecule has 4 nitrogen and oxygen atoms in total. The molecule has 0 saturated heterocycles. The molecule has 0 aliphatic rings. The van der Waals surface area contributed by atoms with Crippen molar-refractivity contribution in [3.63, 3.8) is 0 Å². The molecule has 98 valence electrons. The third-order valence-corrected chi connectivity index (χ3v) is 2.57. The average molecular weight is 260 g/mol. The summed E-state index contributed by atoms with van der Waals surface area (Å²) in [5, 5.41) is 2.64. The van der Waals surface area contributed by atoms with E-state index in [2.05, 4.69) is 5.32 Å². The largest absolute Gasteiger partial charge is 0.495 e. The first kappa shape index (κ1) is 12.9. The molecule has 3 N–H and O–H groups in total. The molecule has 0 heterocycles. The van der Waals surface area contributed by atoms with E-state index in [9.17, 15) is 9.18 Å². The summed E-state index contributed by atoms with van der Waals surface area (Å²) < 4.78 is 18.0. The molecule has 0 bridgehead atoms. The lowest BCUT2D eigenvalue weighted by atomic mass is 10.2. The molecule has 0 spiro atoms. The maximum Gasteiger partial charge on any atom is 0.255 e. The highest BCUT2D eigenvalue weighted by Gasteiger charge is 2.08. The summed E-state index contributed by atoms with van der Waals surface area (Å²) in [6, 6.07) is 10.3. The van der Waals surface area contributed by atoms with Gasteiger partial charge in [-0.15, -0.1) is 0 Å². The molecule has 1 amide bonds. The van der Waals surface area contributed by atoms with Gasteiger partial charge < -0.3 is 15.8 Å². The number of hydrogen-bond acceptors (Lipinski definition) is 3. The Hall–Kier alpha value is -2.56. The zero-order chi connectivity index (χ0) is 13.8. The predicted octanol–water partition coefficient (Wildman–Crippen LogP) is 2.67. The first-order valence-corrected chi connectivity index (χ1v) is 5.60. The standard InChI is InChI=1S/C14H13FN2O2/c1-19-13-6-5-11(8-12(13)16)17-14(18)9-3-2-4-10(15)7-9/h2-8H,16H2,1H3,(H,17,18). The van der Waals surface area contributed by atoms with Gasteiger partial charge in [-0.2, -0.15) is 0 Å². The zero-order valence-electron chi connectivity index (χ0n) is 10.3. The average Bonchev–Trinajstić information content (AvgIpc) is 2.39. The molecule has 0 atom stereocenters. The van der Waals surface area contributed by atoms with Gasteiger partial charge in [-0.1, -0.05) is 6.07 Å². The highest BCUT2D eigenvalue weighted by Crippen LogP contribution is 2.24. The molecule has 5 heteroatoms. The number of rotatable bonds is 3. The lowest BCUT2D eigenvalue weighted by molar-refractivity contribution is 0.102. The van der Waals surface area contributed by atoms with Gasteiger partial charge in [0.2, 0.25) is 0 Å². The minimum Gasteiger partial charge on any atom is -0.495 e. The third-order valence-electron chi connectivity index (χ3n) is 2.57. The minimum absolute atomic E-state index is 0.245. The fourth-order valence-electron chi connectivity index (χ4n) is 1.65. The summed E-state index contributed by atoms with van der Waals surface area (Å²) >= 11 is 0. The van der Waals surface area contributed by atoms with Crippen LogP contribution in [0.25, 0.3) is 0 Å². The Morgan fingerprint density at radius 2 is 2.05 bits per heavy atom. The van der Waals surface area contributed by atoms with Crippen molar-refractivity contribution >= 4 is 17.3 Å². The van der Waals surface area contributed by atoms with Crippen molar-refractivity contribution in [2.24, 2.45) is 0 Å². The number of hydrogen-bond donors (Lipinski definition) is 2. The highest BCUT2D eigenvalue weighted by atomic mass is 19.1. The maximum atomic E-state index is 13.0. The fourth-order valence-corrected chi connectivity index (χ4v) is 1.65. The number of nitrogens with one attached hydrogen (secondary N) is 1. The zero-order valence-corrected chi connectivity index (χ0v) is 10.3. The summed E-state index contributed by atoms with van der Waals surface area (Å²) in [7, 11) is 1.51. The van der Waals surface area contributed by atoms with Gasteiger partial charge in [0.1, 0.15) is 11.6 Å². The first-order valence-electron chi connectivity index (χ1n) is 5.60. The smallest absolute Gasteiger partial charge is 0.255 e. The van der Waals surface area contributed by atoms with Crippen LogP contribution in [0.15, 0.2) is 42.5 Å². The van der Waals surface area contributed by atoms with Crippen LogP contribution in [0.2, 0.25) is 0 Å². The van der Waals surface area contributed by atoms with Gasteiger partial charge in [0.05, 0.1) is 12.8 Å². The van der Waals surface area contributed by atoms with Crippen LogP contribution in [0.4, 0.5) is 15.8 Å². The lowest BCUT2D eigenvalue weighted by Gasteiger charge is -2.08. The molecule has 2 aromatic carbocycles. The van der Waals surface area contributed by atoms with Crippen molar-refractivity contribution in [2.75, 3.05) is 18.2 Å². The van der Waals surface area contributed by atoms with Crippen LogP contribution in [0.5, 0.6) is 5.75 Å². The second-order valence-electron chi connectivity index (χ2n) is 3.92. The van der Waals surface area contributed by atoms with Gasteiger partial charge in [-0.3, -0.25) is 4.79 Å². The van der Waals surface area contributed by atoms with E-state index in [-0.39, 0.29) is 5.56 Å². The van der Waals surface area contributed by atoms with Crippen molar-refractivity contribution < 1.29 is 13.9 Å². The van der Waals surface area contributed by atoms with Crippen molar-refractivity contribution in [1.29, 1.82) is 0 Å². The number of nitrogen functional groups attached to an aromatic ring is 1. The molecule has 0 radical (unpaired) electrons. The van der Waals surface area contributed by atoms with Gasteiger partial charge in [-0.05, 0) is 36.4 Å². The summed E-state index contributed by atoms with van der Waals surface area (Å²) in [5.41, 5.74) is 6.92. The summed E-state index contributed by atoms with van der Waals surface area (Å²) in [4.78, 5) is 11.9. The second-order valence-corrected chi connectivity index (χ2v) is 3.92. The molecule has 0 aliphatic carbocycles. The molecule has 0 aliphatic heterocycles. The Bertz CT molecular complexity index is 614. The number of methoxy groups -OCH3 is 1. The Morgan fingerprint density at radius 3 is 2.68 bits per heavy atom. The van der Waals surface area contributed by atoms with E-state index in [1.54, 1.807) is 18.2 Å². The van der Waals surface area contributed by atoms with Gasteiger partial charge in [0, 0.05) is 11.3 Å². The molecular weight excluding hydrogens is 247 g/mol. The van der Waals surface area contributed by atoms with Gasteiger partial charge in [0.15, 0.2) is 0 Å². The number of anilines is 2. The van der Waals surface area contributed by atoms with Crippen LogP contribution in [-0.4, -0.2) is 13.0 Å². The number of nitrogens with two attached hydrogens (primary N) is 1. The van der Waals surface area contributed by atoms with Crippen LogP contribution in [0.3, 0.4) is 0 Å². The Kier molecular flexibility index (Phi) is 3.66. The normalized spacial score (nSPS) is 10.0. The number of amides is 1. The topological polar surface area (TPSA) is 64.3 Å². The molecule has 0 aromatic heterocycles. The highest BCUT2D eigenvalue weighted by molar-refractivity contribution is 6.04. The Labute approximate surface area is 110 Å². The fraction of sp³-hybridized carbons (Fsp3) is 0.0714. The Morgan fingerprint density at radius 1 is 1.26 bits per heavy atom. The number of carbonyl (C=O) groups excluding carboxylic acids is 1. The van der Waals surface area contributed by atoms with Crippen molar-refractivity contribution in [1.82, 2.24) is 0 Å². The van der Waals surface area contributed by atoms with Crippen LogP contribution >= 0.6 is 0 Å². The van der Waals surface area contributed by atoms with Crippen LogP contribution < -0.4 is 15.8 Å². The molecule has 0 fully saturated rings. The summed E-state index contributed by atoms with van der Waals surface area (Å²) in [5.74, 6) is -0.324. The SMILES string of the molecule is COc1ccc(NC(=O)c2cccc(F)c2)cc1N. The van der Waals surface area contributed by atoms with E-state index in [0.717, 1.165) is 0 Å². The monoisotopic (exact) mass is 260 g/mol. The van der Waals surface area contributed by atoms with Gasteiger partial charge in [0.25, 0.3) is 5.91 Å². The van der Waals surface area contributed by atoms with E-state index >= 15 is 0 Å². The van der Waals surface area contributed by atoms with Gasteiger partial charge in [-0.25, -0.2) is 4.39 Å². The Balaban J connectivity index is 2.17. The maximum absolute atomic E-state index is 13.0. The molecule has 0 unspecified atom stereocenters. The molecular formula is C14H13FN2O2. The van der Waals surface area contributed by atoms with E-state index in [1.165, 1.54) is 31.4 Å².